The molecule has 0 unspecified atom stereocenters. The van der Waals surface area contributed by atoms with Crippen LogP contribution in [0.5, 0.6) is 0 Å². The predicted octanol–water partition coefficient (Wildman–Crippen LogP) is 4.50. The number of fused-ring (bicyclic) bond motifs is 3. The number of rotatable bonds is 7. The Labute approximate surface area is 180 Å². The first-order valence-corrected chi connectivity index (χ1v) is 10.0. The number of hydrogen-bond acceptors (Lipinski definition) is 4. The normalized spacial score (nSPS) is 12.5. The second-order valence-corrected chi connectivity index (χ2v) is 7.33. The van der Waals surface area contributed by atoms with Gasteiger partial charge in [0.15, 0.2) is 6.04 Å². The molecule has 0 saturated carbocycles. The van der Waals surface area contributed by atoms with Crippen LogP contribution >= 0.6 is 0 Å². The molecule has 0 bridgehead atoms. The van der Waals surface area contributed by atoms with Crippen molar-refractivity contribution in [3.8, 4) is 11.1 Å². The molecule has 1 aliphatic carbocycles. The van der Waals surface area contributed by atoms with Gasteiger partial charge in [-0.1, -0.05) is 66.7 Å². The summed E-state index contributed by atoms with van der Waals surface area (Å²) in [5.74, 6) is -1.16. The number of amides is 1. The quantitative estimate of drug-likeness (QED) is 0.479. The smallest absolute Gasteiger partial charge is 0.414 e. The van der Waals surface area contributed by atoms with Crippen LogP contribution in [0.15, 0.2) is 72.8 Å². The molecule has 0 fully saturated rings. The summed E-state index contributed by atoms with van der Waals surface area (Å²) in [4.78, 5) is 26.1. The fourth-order valence-electron chi connectivity index (χ4n) is 3.98. The maximum absolute atomic E-state index is 12.7. The molecule has 3 aromatic carbocycles. The van der Waals surface area contributed by atoms with Crippen LogP contribution in [0, 0.1) is 0 Å². The summed E-state index contributed by atoms with van der Waals surface area (Å²) in [6.45, 7) is 0.0773. The van der Waals surface area contributed by atoms with E-state index in [-0.39, 0.29) is 13.2 Å². The Kier molecular flexibility index (Phi) is 6.00. The van der Waals surface area contributed by atoms with Crippen LogP contribution in [0.3, 0.4) is 0 Å². The standard InChI is InChI=1S/C25H23NO5/c1-30-25(29)26(23(24(27)28)16-31-15-17-8-3-2-4-9-17)22-13-7-12-20-19-11-6-5-10-18(19)14-21(20)22/h2-13,23H,14-16H2,1H3,(H,27,28)/t23-/m0/s1. The van der Waals surface area contributed by atoms with E-state index in [4.69, 9.17) is 9.47 Å². The van der Waals surface area contributed by atoms with Gasteiger partial charge in [0.1, 0.15) is 0 Å². The lowest BCUT2D eigenvalue weighted by molar-refractivity contribution is -0.140. The number of nitrogens with zero attached hydrogens (tertiary/aromatic N) is 1. The van der Waals surface area contributed by atoms with Gasteiger partial charge in [0, 0.05) is 6.42 Å². The van der Waals surface area contributed by atoms with Crippen LogP contribution in [0.1, 0.15) is 16.7 Å². The van der Waals surface area contributed by atoms with Gasteiger partial charge in [-0.3, -0.25) is 4.90 Å². The zero-order chi connectivity index (χ0) is 21.8. The fraction of sp³-hybridized carbons (Fsp3) is 0.200. The predicted molar refractivity (Wildman–Crippen MR) is 117 cm³/mol. The lowest BCUT2D eigenvalue weighted by atomic mass is 10.0. The van der Waals surface area contributed by atoms with Crippen molar-refractivity contribution in [1.82, 2.24) is 0 Å². The Morgan fingerprint density at radius 3 is 2.42 bits per heavy atom. The number of anilines is 1. The van der Waals surface area contributed by atoms with Crippen molar-refractivity contribution < 1.29 is 24.2 Å². The minimum absolute atomic E-state index is 0.171. The van der Waals surface area contributed by atoms with Crippen LogP contribution in [0.25, 0.3) is 11.1 Å². The van der Waals surface area contributed by atoms with E-state index < -0.39 is 18.1 Å². The molecule has 6 nitrogen and oxygen atoms in total. The molecule has 1 aliphatic rings. The second-order valence-electron chi connectivity index (χ2n) is 7.33. The number of methoxy groups -OCH3 is 1. The molecule has 0 aromatic heterocycles. The largest absolute Gasteiger partial charge is 0.480 e. The van der Waals surface area contributed by atoms with Crippen LogP contribution in [0.2, 0.25) is 0 Å². The third-order valence-corrected chi connectivity index (χ3v) is 5.44. The average Bonchev–Trinajstić information content (AvgIpc) is 3.18. The molecule has 158 valence electrons. The maximum Gasteiger partial charge on any atom is 0.414 e. The molecule has 0 spiro atoms. The molecule has 31 heavy (non-hydrogen) atoms. The monoisotopic (exact) mass is 417 g/mol. The van der Waals surface area contributed by atoms with Gasteiger partial charge in [-0.15, -0.1) is 0 Å². The summed E-state index contributed by atoms with van der Waals surface area (Å²) < 4.78 is 10.7. The lowest BCUT2D eigenvalue weighted by Gasteiger charge is -2.29. The van der Waals surface area contributed by atoms with E-state index >= 15 is 0 Å². The van der Waals surface area contributed by atoms with E-state index in [1.807, 2.05) is 66.7 Å². The maximum atomic E-state index is 12.7. The minimum atomic E-state index is -1.23. The van der Waals surface area contributed by atoms with Gasteiger partial charge in [-0.05, 0) is 33.9 Å². The van der Waals surface area contributed by atoms with Crippen molar-refractivity contribution >= 4 is 17.7 Å². The van der Waals surface area contributed by atoms with Crippen molar-refractivity contribution in [3.05, 3.63) is 89.5 Å². The number of ether oxygens (including phenoxy) is 2. The van der Waals surface area contributed by atoms with E-state index in [0.29, 0.717) is 12.1 Å². The van der Waals surface area contributed by atoms with Gasteiger partial charge in [-0.2, -0.15) is 0 Å². The van der Waals surface area contributed by atoms with Crippen LogP contribution in [-0.2, 0) is 27.3 Å². The number of aliphatic carboxylic acids is 1. The molecule has 0 aliphatic heterocycles. The van der Waals surface area contributed by atoms with Crippen molar-refractivity contribution in [2.24, 2.45) is 0 Å². The molecule has 6 heteroatoms. The molecular weight excluding hydrogens is 394 g/mol. The first kappa shape index (κ1) is 20.6. The van der Waals surface area contributed by atoms with Crippen LogP contribution in [-0.4, -0.2) is 36.9 Å². The molecule has 0 saturated heterocycles. The van der Waals surface area contributed by atoms with Crippen molar-refractivity contribution in [3.63, 3.8) is 0 Å². The Morgan fingerprint density at radius 2 is 1.68 bits per heavy atom. The minimum Gasteiger partial charge on any atom is -0.480 e. The van der Waals surface area contributed by atoms with Gasteiger partial charge in [0.25, 0.3) is 0 Å². The molecule has 1 N–H and O–H groups in total. The summed E-state index contributed by atoms with van der Waals surface area (Å²) in [6.07, 6.45) is -0.119. The summed E-state index contributed by atoms with van der Waals surface area (Å²) >= 11 is 0. The highest BCUT2D eigenvalue weighted by Crippen LogP contribution is 2.41. The topological polar surface area (TPSA) is 76.1 Å². The highest BCUT2D eigenvalue weighted by Gasteiger charge is 2.35. The molecule has 1 amide bonds. The molecule has 4 rings (SSSR count). The number of carboxylic acid groups (broad SMARTS) is 1. The second kappa shape index (κ2) is 9.02. The SMILES string of the molecule is COC(=O)N(c1cccc2c1Cc1ccccc1-2)[C@@H](COCc1ccccc1)C(=O)O. The summed E-state index contributed by atoms with van der Waals surface area (Å²) in [7, 11) is 1.25. The highest BCUT2D eigenvalue weighted by atomic mass is 16.5. The van der Waals surface area contributed by atoms with E-state index in [1.165, 1.54) is 12.0 Å². The number of hydrogen-bond donors (Lipinski definition) is 1. The highest BCUT2D eigenvalue weighted by molar-refractivity contribution is 5.98. The zero-order valence-corrected chi connectivity index (χ0v) is 17.2. The molecular formula is C25H23NO5. The Balaban J connectivity index is 1.65. The zero-order valence-electron chi connectivity index (χ0n) is 17.2. The van der Waals surface area contributed by atoms with Gasteiger partial charge < -0.3 is 14.6 Å². The third kappa shape index (κ3) is 4.15. The van der Waals surface area contributed by atoms with E-state index in [2.05, 4.69) is 0 Å². The van der Waals surface area contributed by atoms with Gasteiger partial charge in [0.2, 0.25) is 0 Å². The summed E-state index contributed by atoms with van der Waals surface area (Å²) in [6, 6.07) is 21.8. The number of carbonyl (C=O) groups excluding carboxylic acids is 1. The van der Waals surface area contributed by atoms with Crippen molar-refractivity contribution in [2.45, 2.75) is 19.1 Å². The van der Waals surface area contributed by atoms with E-state index in [9.17, 15) is 14.7 Å². The third-order valence-electron chi connectivity index (χ3n) is 5.44. The van der Waals surface area contributed by atoms with Gasteiger partial charge >= 0.3 is 12.1 Å². The lowest BCUT2D eigenvalue weighted by Crippen LogP contribution is -2.48. The van der Waals surface area contributed by atoms with Gasteiger partial charge in [-0.25, -0.2) is 9.59 Å². The Bertz CT molecular complexity index is 1100. The Morgan fingerprint density at radius 1 is 0.968 bits per heavy atom. The molecule has 1 atom stereocenters. The number of carboxylic acids is 1. The van der Waals surface area contributed by atoms with E-state index in [0.717, 1.165) is 27.8 Å². The number of carbonyl (C=O) groups is 2. The van der Waals surface area contributed by atoms with Crippen molar-refractivity contribution in [2.75, 3.05) is 18.6 Å². The summed E-state index contributed by atoms with van der Waals surface area (Å²) in [5, 5.41) is 9.94. The average molecular weight is 417 g/mol. The first-order valence-electron chi connectivity index (χ1n) is 10.0. The van der Waals surface area contributed by atoms with Gasteiger partial charge in [0.05, 0.1) is 26.0 Å². The van der Waals surface area contributed by atoms with E-state index in [1.54, 1.807) is 6.07 Å². The molecule has 0 radical (unpaired) electrons. The van der Waals surface area contributed by atoms with Crippen molar-refractivity contribution in [1.29, 1.82) is 0 Å². The fourth-order valence-corrected chi connectivity index (χ4v) is 3.98. The summed E-state index contributed by atoms with van der Waals surface area (Å²) in [5.41, 5.74) is 5.58. The number of benzene rings is 3. The molecule has 0 heterocycles. The van der Waals surface area contributed by atoms with Crippen LogP contribution in [0.4, 0.5) is 10.5 Å². The molecule has 3 aromatic rings. The first-order chi connectivity index (χ1) is 15.1. The Hall–Kier alpha value is -3.64. The van der Waals surface area contributed by atoms with Crippen LogP contribution < -0.4 is 4.90 Å².